The van der Waals surface area contributed by atoms with Gasteiger partial charge in [0.25, 0.3) is 5.91 Å². The van der Waals surface area contributed by atoms with Gasteiger partial charge >= 0.3 is 7.12 Å². The molecule has 4 aromatic carbocycles. The molecule has 8 nitrogen and oxygen atoms in total. The lowest BCUT2D eigenvalue weighted by Gasteiger charge is -2.42. The van der Waals surface area contributed by atoms with Crippen molar-refractivity contribution in [2.75, 3.05) is 36.0 Å². The Balaban J connectivity index is 1.44. The average molecular weight is 671 g/mol. The van der Waals surface area contributed by atoms with E-state index >= 15 is 0 Å². The number of carbonyl (C=O) groups excluding carboxylic acids is 1. The number of anilines is 2. The third kappa shape index (κ3) is 5.13. The van der Waals surface area contributed by atoms with Gasteiger partial charge in [0.2, 0.25) is 0 Å². The summed E-state index contributed by atoms with van der Waals surface area (Å²) in [6.07, 6.45) is 1.77. The average Bonchev–Trinajstić information content (AvgIpc) is 3.49. The van der Waals surface area contributed by atoms with E-state index in [2.05, 4.69) is 80.0 Å². The Morgan fingerprint density at radius 2 is 1.22 bits per heavy atom. The van der Waals surface area contributed by atoms with Crippen LogP contribution < -0.4 is 20.0 Å². The molecule has 0 unspecified atom stereocenters. The van der Waals surface area contributed by atoms with Gasteiger partial charge in [-0.15, -0.1) is 0 Å². The van der Waals surface area contributed by atoms with Crippen LogP contribution in [0.15, 0.2) is 90.0 Å². The van der Waals surface area contributed by atoms with E-state index in [9.17, 15) is 4.79 Å². The third-order valence-corrected chi connectivity index (χ3v) is 11.1. The number of fused-ring (bicyclic) bond motifs is 6. The molecule has 0 N–H and O–H groups in total. The van der Waals surface area contributed by atoms with Gasteiger partial charge in [0.1, 0.15) is 17.0 Å². The summed E-state index contributed by atoms with van der Waals surface area (Å²) in [5.41, 5.74) is 4.95. The second-order valence-corrected chi connectivity index (χ2v) is 14.1. The minimum atomic E-state index is -1.07. The van der Waals surface area contributed by atoms with E-state index in [-0.39, 0.29) is 5.91 Å². The van der Waals surface area contributed by atoms with Crippen molar-refractivity contribution in [3.8, 4) is 11.5 Å². The molecule has 7 rings (SSSR count). The molecule has 1 amide bonds. The van der Waals surface area contributed by atoms with Crippen molar-refractivity contribution in [3.63, 3.8) is 0 Å². The number of ether oxygens (including phenoxy) is 1. The van der Waals surface area contributed by atoms with E-state index in [4.69, 9.17) is 19.1 Å². The number of hydrogen-bond donors (Lipinski definition) is 0. The first-order valence-corrected chi connectivity index (χ1v) is 17.9. The third-order valence-electron chi connectivity index (χ3n) is 11.1. The topological polar surface area (TPSA) is 66.8 Å². The lowest BCUT2D eigenvalue weighted by atomic mass is 9.75. The van der Waals surface area contributed by atoms with E-state index in [1.807, 2.05) is 70.2 Å². The number of nitrogens with zero attached hydrogens (tertiary/aromatic N) is 4. The molecule has 4 aromatic rings. The first-order valence-electron chi connectivity index (χ1n) is 17.9. The summed E-state index contributed by atoms with van der Waals surface area (Å²) in [5.74, 6) is 1.24. The highest BCUT2D eigenvalue weighted by Gasteiger charge is 2.57. The van der Waals surface area contributed by atoms with Crippen LogP contribution in [-0.4, -0.2) is 61.6 Å². The van der Waals surface area contributed by atoms with Crippen molar-refractivity contribution >= 4 is 36.1 Å². The van der Waals surface area contributed by atoms with Crippen molar-refractivity contribution in [2.45, 2.75) is 72.1 Å². The van der Waals surface area contributed by atoms with Crippen molar-refractivity contribution in [1.82, 2.24) is 5.01 Å². The van der Waals surface area contributed by atoms with Crippen LogP contribution in [0, 0.1) is 0 Å². The Kier molecular flexibility index (Phi) is 8.55. The lowest BCUT2D eigenvalue weighted by Crippen LogP contribution is -2.44. The standard InChI is InChI=1S/C41H47BN4O4/c1-9-44(10-2)29-21-23-33-36(25-29)48-37-26-30(45(11-3)12-4)22-24-34(37)41(33)32-19-15-14-18-31(32)38(47)46(41)43-27-28-17-13-16-20-35(28)42-49-39(5,6)40(7,8)50-42/h13-27H,9-12H2,1-8H3/b43-27+. The maximum Gasteiger partial charge on any atom is 0.495 e. The zero-order valence-electron chi connectivity index (χ0n) is 30.5. The highest BCUT2D eigenvalue weighted by Crippen LogP contribution is 2.58. The summed E-state index contributed by atoms with van der Waals surface area (Å²) in [6, 6.07) is 28.5. The largest absolute Gasteiger partial charge is 0.495 e. The zero-order chi connectivity index (χ0) is 35.4. The van der Waals surface area contributed by atoms with Crippen LogP contribution in [-0.2, 0) is 14.8 Å². The monoisotopic (exact) mass is 670 g/mol. The molecular weight excluding hydrogens is 623 g/mol. The smallest absolute Gasteiger partial charge is 0.456 e. The molecule has 3 aliphatic rings. The Hall–Kier alpha value is -4.60. The van der Waals surface area contributed by atoms with Gasteiger partial charge in [0.05, 0.1) is 17.4 Å². The quantitative estimate of drug-likeness (QED) is 0.135. The van der Waals surface area contributed by atoms with Crippen LogP contribution in [0.2, 0.25) is 0 Å². The van der Waals surface area contributed by atoms with Crippen molar-refractivity contribution in [1.29, 1.82) is 0 Å². The van der Waals surface area contributed by atoms with Crippen molar-refractivity contribution < 1.29 is 18.8 Å². The molecule has 1 fully saturated rings. The summed E-state index contributed by atoms with van der Waals surface area (Å²) < 4.78 is 19.7. The zero-order valence-corrected chi connectivity index (χ0v) is 30.5. The highest BCUT2D eigenvalue weighted by atomic mass is 16.7. The fraction of sp³-hybridized carbons (Fsp3) is 0.366. The van der Waals surface area contributed by atoms with E-state index in [1.54, 1.807) is 11.2 Å². The van der Waals surface area contributed by atoms with Crippen LogP contribution >= 0.6 is 0 Å². The van der Waals surface area contributed by atoms with Crippen LogP contribution in [0.5, 0.6) is 11.5 Å². The van der Waals surface area contributed by atoms with Gasteiger partial charge in [-0.05, 0) is 84.6 Å². The number of hydrazone groups is 1. The molecular formula is C41H47BN4O4. The summed E-state index contributed by atoms with van der Waals surface area (Å²) >= 11 is 0. The van der Waals surface area contributed by atoms with Crippen LogP contribution in [0.3, 0.4) is 0 Å². The fourth-order valence-electron chi connectivity index (χ4n) is 7.58. The Morgan fingerprint density at radius 3 is 1.78 bits per heavy atom. The lowest BCUT2D eigenvalue weighted by molar-refractivity contribution is 0.00578. The van der Waals surface area contributed by atoms with E-state index in [0.29, 0.717) is 17.1 Å². The first kappa shape index (κ1) is 33.9. The molecule has 0 bridgehead atoms. The molecule has 258 valence electrons. The van der Waals surface area contributed by atoms with Crippen LogP contribution in [0.1, 0.15) is 88.0 Å². The summed E-state index contributed by atoms with van der Waals surface area (Å²) in [7, 11) is -0.579. The molecule has 0 radical (unpaired) electrons. The molecule has 9 heteroatoms. The van der Waals surface area contributed by atoms with Crippen molar-refractivity contribution in [2.24, 2.45) is 5.10 Å². The van der Waals surface area contributed by atoms with Crippen LogP contribution in [0.25, 0.3) is 0 Å². The molecule has 1 spiro atoms. The van der Waals surface area contributed by atoms with Gasteiger partial charge < -0.3 is 23.8 Å². The highest BCUT2D eigenvalue weighted by molar-refractivity contribution is 6.63. The number of hydrogen-bond acceptors (Lipinski definition) is 7. The molecule has 0 aliphatic carbocycles. The second-order valence-electron chi connectivity index (χ2n) is 14.1. The molecule has 3 aliphatic heterocycles. The fourth-order valence-corrected chi connectivity index (χ4v) is 7.58. The SMILES string of the molecule is CCN(CC)c1ccc2c(c1)Oc1cc(N(CC)CC)ccc1C21c2ccccc2C(=O)N1/N=C/c1ccccc1B1OC(C)(C)C(C)(C)O1. The van der Waals surface area contributed by atoms with Gasteiger partial charge in [0.15, 0.2) is 0 Å². The predicted octanol–water partition coefficient (Wildman–Crippen LogP) is 7.57. The normalized spacial score (nSPS) is 17.9. The molecule has 0 aromatic heterocycles. The molecule has 0 saturated carbocycles. The van der Waals surface area contributed by atoms with E-state index in [0.717, 1.165) is 65.3 Å². The van der Waals surface area contributed by atoms with Gasteiger partial charge in [-0.3, -0.25) is 4.79 Å². The summed E-state index contributed by atoms with van der Waals surface area (Å²) in [6.45, 7) is 20.3. The minimum absolute atomic E-state index is 0.176. The molecule has 50 heavy (non-hydrogen) atoms. The van der Waals surface area contributed by atoms with Crippen LogP contribution in [0.4, 0.5) is 11.4 Å². The Bertz CT molecular complexity index is 1890. The van der Waals surface area contributed by atoms with Gasteiger partial charge in [-0.2, -0.15) is 5.10 Å². The summed E-state index contributed by atoms with van der Waals surface area (Å²) in [4.78, 5) is 19.3. The van der Waals surface area contributed by atoms with E-state index in [1.165, 1.54) is 0 Å². The molecule has 0 atom stereocenters. The molecule has 3 heterocycles. The first-order chi connectivity index (χ1) is 24.0. The predicted molar refractivity (Wildman–Crippen MR) is 202 cm³/mol. The number of amides is 1. The van der Waals surface area contributed by atoms with Gasteiger partial charge in [-0.1, -0.05) is 54.6 Å². The molecule has 1 saturated heterocycles. The maximum atomic E-state index is 14.7. The number of benzene rings is 4. The van der Waals surface area contributed by atoms with Crippen molar-refractivity contribution in [3.05, 3.63) is 113 Å². The maximum absolute atomic E-state index is 14.7. The number of rotatable bonds is 9. The van der Waals surface area contributed by atoms with Gasteiger partial charge in [-0.25, -0.2) is 5.01 Å². The van der Waals surface area contributed by atoms with E-state index < -0.39 is 23.9 Å². The summed E-state index contributed by atoms with van der Waals surface area (Å²) in [5, 5.41) is 6.78. The second kappa shape index (κ2) is 12.6. The van der Waals surface area contributed by atoms with Gasteiger partial charge in [0, 0.05) is 71.9 Å². The minimum Gasteiger partial charge on any atom is -0.456 e. The number of carbonyl (C=O) groups is 1. The Morgan fingerprint density at radius 1 is 0.700 bits per heavy atom. The Labute approximate surface area is 296 Å².